The molecule has 45 heavy (non-hydrogen) atoms. The summed E-state index contributed by atoms with van der Waals surface area (Å²) in [5.41, 5.74) is 10.2. The van der Waals surface area contributed by atoms with E-state index in [-0.39, 0.29) is 0 Å². The second-order valence-corrected chi connectivity index (χ2v) is 11.1. The molecule has 0 fully saturated rings. The zero-order chi connectivity index (χ0) is 30.0. The number of fused-ring (bicyclic) bond motifs is 3. The zero-order valence-electron chi connectivity index (χ0n) is 24.7. The summed E-state index contributed by atoms with van der Waals surface area (Å²) in [5, 5.41) is 2.52. The van der Waals surface area contributed by atoms with Crippen LogP contribution in [0.3, 0.4) is 0 Å². The minimum atomic E-state index is 1.09. The second-order valence-electron chi connectivity index (χ2n) is 11.1. The monoisotopic (exact) mass is 577 g/mol. The number of benzene rings is 7. The highest BCUT2D eigenvalue weighted by molar-refractivity contribution is 6.09. The normalized spacial score (nSPS) is 11.1. The van der Waals surface area contributed by atoms with Crippen LogP contribution in [0.2, 0.25) is 0 Å². The van der Waals surface area contributed by atoms with Gasteiger partial charge in [0.25, 0.3) is 0 Å². The Morgan fingerprint density at radius 3 is 1.11 bits per heavy atom. The van der Waals surface area contributed by atoms with Crippen molar-refractivity contribution in [2.45, 2.75) is 0 Å². The van der Waals surface area contributed by atoms with E-state index in [9.17, 15) is 0 Å². The van der Waals surface area contributed by atoms with Crippen LogP contribution in [0.5, 0.6) is 0 Å². The van der Waals surface area contributed by atoms with E-state index in [0.717, 1.165) is 39.8 Å². The Kier molecular flexibility index (Phi) is 6.82. The number of rotatable bonds is 7. The number of aromatic nitrogens is 1. The number of hydrogen-bond acceptors (Lipinski definition) is 2. The molecule has 3 heteroatoms. The van der Waals surface area contributed by atoms with Gasteiger partial charge in [0.2, 0.25) is 0 Å². The van der Waals surface area contributed by atoms with Gasteiger partial charge in [-0.1, -0.05) is 97.1 Å². The molecule has 0 N–H and O–H groups in total. The third-order valence-corrected chi connectivity index (χ3v) is 8.34. The van der Waals surface area contributed by atoms with E-state index in [1.165, 1.54) is 21.8 Å². The fourth-order valence-electron chi connectivity index (χ4n) is 6.35. The molecule has 0 unspecified atom stereocenters. The topological polar surface area (TPSA) is 11.4 Å². The summed E-state index contributed by atoms with van der Waals surface area (Å²) in [6.07, 6.45) is 0. The molecule has 0 saturated carbocycles. The van der Waals surface area contributed by atoms with E-state index >= 15 is 0 Å². The van der Waals surface area contributed by atoms with E-state index < -0.39 is 0 Å². The maximum absolute atomic E-state index is 2.37. The van der Waals surface area contributed by atoms with Crippen molar-refractivity contribution in [3.05, 3.63) is 188 Å². The second kappa shape index (κ2) is 11.6. The van der Waals surface area contributed by atoms with Crippen molar-refractivity contribution in [2.75, 3.05) is 9.80 Å². The molecule has 0 radical (unpaired) electrons. The van der Waals surface area contributed by atoms with Gasteiger partial charge in [-0.3, -0.25) is 0 Å². The van der Waals surface area contributed by atoms with Crippen LogP contribution in [0, 0.1) is 0 Å². The van der Waals surface area contributed by atoms with Crippen LogP contribution in [0.4, 0.5) is 34.1 Å². The maximum Gasteiger partial charge on any atom is 0.0541 e. The molecule has 8 aromatic rings. The van der Waals surface area contributed by atoms with Gasteiger partial charge in [-0.15, -0.1) is 0 Å². The molecule has 0 saturated heterocycles. The highest BCUT2D eigenvalue weighted by Crippen LogP contribution is 2.40. The van der Waals surface area contributed by atoms with Crippen molar-refractivity contribution in [2.24, 2.45) is 0 Å². The van der Waals surface area contributed by atoms with Gasteiger partial charge in [-0.05, 0) is 91.0 Å². The molecule has 1 heterocycles. The first-order chi connectivity index (χ1) is 22.3. The summed E-state index contributed by atoms with van der Waals surface area (Å²) in [6.45, 7) is 0. The van der Waals surface area contributed by atoms with Crippen LogP contribution < -0.4 is 9.80 Å². The molecule has 7 aromatic carbocycles. The smallest absolute Gasteiger partial charge is 0.0541 e. The van der Waals surface area contributed by atoms with Gasteiger partial charge in [0.05, 0.1) is 11.0 Å². The molecule has 0 atom stereocenters. The van der Waals surface area contributed by atoms with Crippen molar-refractivity contribution < 1.29 is 0 Å². The van der Waals surface area contributed by atoms with Gasteiger partial charge >= 0.3 is 0 Å². The van der Waals surface area contributed by atoms with E-state index in [1.807, 2.05) is 0 Å². The number of hydrogen-bond donors (Lipinski definition) is 0. The van der Waals surface area contributed by atoms with Gasteiger partial charge < -0.3 is 14.4 Å². The molecular formula is C42H31N3. The maximum atomic E-state index is 2.37. The van der Waals surface area contributed by atoms with Crippen LogP contribution in [0.25, 0.3) is 27.5 Å². The minimum absolute atomic E-state index is 1.09. The van der Waals surface area contributed by atoms with E-state index in [0.29, 0.717) is 0 Å². The summed E-state index contributed by atoms with van der Waals surface area (Å²) < 4.78 is 2.37. The van der Waals surface area contributed by atoms with Crippen LogP contribution in [-0.4, -0.2) is 4.57 Å². The lowest BCUT2D eigenvalue weighted by Crippen LogP contribution is -2.12. The molecule has 1 aromatic heterocycles. The predicted octanol–water partition coefficient (Wildman–Crippen LogP) is 11.7. The Bertz CT molecular complexity index is 2110. The summed E-state index contributed by atoms with van der Waals surface area (Å²) >= 11 is 0. The Balaban J connectivity index is 1.25. The Morgan fingerprint density at radius 1 is 0.289 bits per heavy atom. The quantitative estimate of drug-likeness (QED) is 0.187. The van der Waals surface area contributed by atoms with Crippen molar-refractivity contribution in [1.82, 2.24) is 4.57 Å². The first-order valence-corrected chi connectivity index (χ1v) is 15.3. The van der Waals surface area contributed by atoms with Crippen LogP contribution in [0.1, 0.15) is 0 Å². The van der Waals surface area contributed by atoms with Crippen molar-refractivity contribution >= 4 is 55.9 Å². The lowest BCUT2D eigenvalue weighted by atomic mass is 10.1. The SMILES string of the molecule is c1ccc(N(c2ccccc2)c2ccc(N(c3ccccc3)c3cccc(-n4c5ccccc5c5ccccc54)c3)cc2)cc1. The Hall–Kier alpha value is -6.06. The van der Waals surface area contributed by atoms with E-state index in [2.05, 4.69) is 202 Å². The average molecular weight is 578 g/mol. The summed E-state index contributed by atoms with van der Waals surface area (Å²) in [4.78, 5) is 4.62. The predicted molar refractivity (Wildman–Crippen MR) is 190 cm³/mol. The van der Waals surface area contributed by atoms with Gasteiger partial charge in [-0.25, -0.2) is 0 Å². The van der Waals surface area contributed by atoms with Crippen LogP contribution in [-0.2, 0) is 0 Å². The Morgan fingerprint density at radius 2 is 0.644 bits per heavy atom. The molecule has 0 aliphatic heterocycles. The molecule has 0 bridgehead atoms. The number of anilines is 6. The fraction of sp³-hybridized carbons (Fsp3) is 0. The molecule has 8 rings (SSSR count). The van der Waals surface area contributed by atoms with Crippen LogP contribution >= 0.6 is 0 Å². The highest BCUT2D eigenvalue weighted by atomic mass is 15.2. The van der Waals surface area contributed by atoms with Gasteiger partial charge in [0.15, 0.2) is 0 Å². The number of para-hydroxylation sites is 5. The fourth-order valence-corrected chi connectivity index (χ4v) is 6.35. The molecule has 0 amide bonds. The van der Waals surface area contributed by atoms with Crippen LogP contribution in [0.15, 0.2) is 188 Å². The standard InChI is InChI=1S/C42H31N3/c1-4-15-32(16-5-1)43(33-17-6-2-7-18-33)35-27-29-36(30-28-35)44(34-19-8-3-9-20-34)37-21-14-22-38(31-37)45-41-25-12-10-23-39(41)40-24-11-13-26-42(40)45/h1-31H. The lowest BCUT2D eigenvalue weighted by molar-refractivity contribution is 1.17. The lowest BCUT2D eigenvalue weighted by Gasteiger charge is -2.28. The Labute approximate surface area is 263 Å². The average Bonchev–Trinajstić information content (AvgIpc) is 3.45. The molecule has 0 aliphatic rings. The van der Waals surface area contributed by atoms with Gasteiger partial charge in [0, 0.05) is 50.6 Å². The molecule has 3 nitrogen and oxygen atoms in total. The third kappa shape index (κ3) is 4.91. The molecule has 0 spiro atoms. The van der Waals surface area contributed by atoms with Crippen molar-refractivity contribution in [3.63, 3.8) is 0 Å². The minimum Gasteiger partial charge on any atom is -0.311 e. The first kappa shape index (κ1) is 26.6. The van der Waals surface area contributed by atoms with Gasteiger partial charge in [0.1, 0.15) is 0 Å². The number of nitrogens with zero attached hydrogens (tertiary/aromatic N) is 3. The largest absolute Gasteiger partial charge is 0.311 e. The van der Waals surface area contributed by atoms with E-state index in [1.54, 1.807) is 0 Å². The van der Waals surface area contributed by atoms with Crippen molar-refractivity contribution in [1.29, 1.82) is 0 Å². The molecular weight excluding hydrogens is 546 g/mol. The summed E-state index contributed by atoms with van der Waals surface area (Å²) in [5.74, 6) is 0. The van der Waals surface area contributed by atoms with Gasteiger partial charge in [-0.2, -0.15) is 0 Å². The summed E-state index contributed by atoms with van der Waals surface area (Å²) in [7, 11) is 0. The molecule has 0 aliphatic carbocycles. The summed E-state index contributed by atoms with van der Waals surface area (Å²) in [6, 6.07) is 66.7. The van der Waals surface area contributed by atoms with E-state index in [4.69, 9.17) is 0 Å². The highest BCUT2D eigenvalue weighted by Gasteiger charge is 2.17. The third-order valence-electron chi connectivity index (χ3n) is 8.34. The van der Waals surface area contributed by atoms with Crippen molar-refractivity contribution in [3.8, 4) is 5.69 Å². The first-order valence-electron chi connectivity index (χ1n) is 15.3. The molecule has 214 valence electrons. The zero-order valence-corrected chi connectivity index (χ0v) is 24.7.